The molecule has 0 bridgehead atoms. The first-order chi connectivity index (χ1) is 13.1. The van der Waals surface area contributed by atoms with Crippen LogP contribution in [0.2, 0.25) is 0 Å². The number of halogens is 1. The fraction of sp³-hybridized carbons (Fsp3) is 0.167. The Morgan fingerprint density at radius 2 is 1.74 bits per heavy atom. The van der Waals surface area contributed by atoms with E-state index in [2.05, 4.69) is 15.7 Å². The second-order valence-electron chi connectivity index (χ2n) is 6.07. The fourth-order valence-corrected chi connectivity index (χ4v) is 3.08. The maximum atomic E-state index is 13.7. The molecule has 136 valence electrons. The van der Waals surface area contributed by atoms with Crippen molar-refractivity contribution in [2.24, 2.45) is 10.3 Å². The van der Waals surface area contributed by atoms with Crippen LogP contribution in [0.25, 0.3) is 0 Å². The summed E-state index contributed by atoms with van der Waals surface area (Å²) in [4.78, 5) is 38.6. The van der Waals surface area contributed by atoms with Crippen molar-refractivity contribution in [2.45, 2.75) is 12.1 Å². The molecule has 27 heavy (non-hydrogen) atoms. The van der Waals surface area contributed by atoms with E-state index in [1.807, 2.05) is 0 Å². The van der Waals surface area contributed by atoms with E-state index in [1.165, 1.54) is 18.2 Å². The summed E-state index contributed by atoms with van der Waals surface area (Å²) in [6.45, 7) is -0.333. The molecule has 1 saturated heterocycles. The number of amides is 3. The Kier molecular flexibility index (Phi) is 4.11. The number of para-hydroxylation sites is 2. The van der Waals surface area contributed by atoms with Crippen molar-refractivity contribution in [2.75, 3.05) is 16.8 Å². The number of carbonyl (C=O) groups excluding carboxylic acids is 3. The zero-order chi connectivity index (χ0) is 19.0. The van der Waals surface area contributed by atoms with Crippen molar-refractivity contribution in [3.63, 3.8) is 0 Å². The van der Waals surface area contributed by atoms with Crippen LogP contribution >= 0.6 is 0 Å². The normalized spacial score (nSPS) is 20.9. The molecule has 2 aromatic rings. The maximum absolute atomic E-state index is 13.7. The first-order valence-electron chi connectivity index (χ1n) is 8.21. The zero-order valence-corrected chi connectivity index (χ0v) is 13.9. The molecule has 2 aromatic carbocycles. The Labute approximate surface area is 153 Å². The van der Waals surface area contributed by atoms with Gasteiger partial charge in [0.2, 0.25) is 5.91 Å². The number of rotatable bonds is 4. The van der Waals surface area contributed by atoms with E-state index in [9.17, 15) is 18.8 Å². The summed E-state index contributed by atoms with van der Waals surface area (Å²) in [5, 5.41) is 11.2. The highest BCUT2D eigenvalue weighted by Crippen LogP contribution is 2.31. The summed E-state index contributed by atoms with van der Waals surface area (Å²) in [6, 6.07) is 12.2. The molecule has 0 saturated carbocycles. The molecule has 2 atom stereocenters. The number of fused-ring (bicyclic) bond motifs is 1. The third kappa shape index (κ3) is 2.92. The Hall–Kier alpha value is -3.62. The second kappa shape index (κ2) is 6.60. The lowest BCUT2D eigenvalue weighted by Crippen LogP contribution is -2.43. The number of hydrogen-bond donors (Lipinski definition) is 1. The second-order valence-corrected chi connectivity index (χ2v) is 6.07. The Morgan fingerprint density at radius 1 is 1.04 bits per heavy atom. The molecule has 9 heteroatoms. The zero-order valence-electron chi connectivity index (χ0n) is 13.9. The standard InChI is InChI=1S/C18H14FN5O3/c19-12-8-4-5-9-13(12)20-14(25)10-23-16-15(21-22-23)17(26)24(18(16)27)11-6-2-1-3-7-11/h1-9,15-16H,10H2,(H,20,25)/t15-,16+/m0/s1. The number of carbonyl (C=O) groups is 3. The summed E-state index contributed by atoms with van der Waals surface area (Å²) in [5.41, 5.74) is 0.461. The number of nitrogens with one attached hydrogen (secondary N) is 1. The Balaban J connectivity index is 1.49. The van der Waals surface area contributed by atoms with Crippen molar-refractivity contribution in [1.29, 1.82) is 0 Å². The van der Waals surface area contributed by atoms with Gasteiger partial charge >= 0.3 is 0 Å². The molecule has 0 spiro atoms. The lowest BCUT2D eigenvalue weighted by Gasteiger charge is -2.20. The SMILES string of the molecule is O=C(CN1N=N[C@@H]2C(=O)N(c3ccccc3)C(=O)[C@@H]21)Nc1ccccc1F. The van der Waals surface area contributed by atoms with Crippen LogP contribution in [0.4, 0.5) is 15.8 Å². The van der Waals surface area contributed by atoms with E-state index in [0.29, 0.717) is 5.69 Å². The molecule has 0 unspecified atom stereocenters. The first kappa shape index (κ1) is 16.8. The number of imide groups is 1. The highest BCUT2D eigenvalue weighted by atomic mass is 19.1. The van der Waals surface area contributed by atoms with Crippen molar-refractivity contribution in [1.82, 2.24) is 5.01 Å². The van der Waals surface area contributed by atoms with E-state index in [4.69, 9.17) is 0 Å². The summed E-state index contributed by atoms with van der Waals surface area (Å²) in [7, 11) is 0. The summed E-state index contributed by atoms with van der Waals surface area (Å²) in [5.74, 6) is -2.14. The molecular weight excluding hydrogens is 353 g/mol. The molecule has 3 amide bonds. The van der Waals surface area contributed by atoms with Gasteiger partial charge in [-0.25, -0.2) is 9.29 Å². The summed E-state index contributed by atoms with van der Waals surface area (Å²) >= 11 is 0. The van der Waals surface area contributed by atoms with Gasteiger partial charge in [-0.15, -0.1) is 0 Å². The lowest BCUT2D eigenvalue weighted by molar-refractivity contribution is -0.123. The third-order valence-corrected chi connectivity index (χ3v) is 4.33. The predicted octanol–water partition coefficient (Wildman–Crippen LogP) is 1.76. The molecule has 2 aliphatic rings. The summed E-state index contributed by atoms with van der Waals surface area (Å²) in [6.07, 6.45) is 0. The molecule has 2 aliphatic heterocycles. The van der Waals surface area contributed by atoms with E-state index < -0.39 is 35.6 Å². The van der Waals surface area contributed by atoms with Gasteiger partial charge in [0.05, 0.1) is 11.4 Å². The van der Waals surface area contributed by atoms with Gasteiger partial charge in [-0.1, -0.05) is 35.6 Å². The third-order valence-electron chi connectivity index (χ3n) is 4.33. The van der Waals surface area contributed by atoms with Gasteiger partial charge in [0, 0.05) is 0 Å². The molecule has 8 nitrogen and oxygen atoms in total. The van der Waals surface area contributed by atoms with Crippen LogP contribution < -0.4 is 10.2 Å². The van der Waals surface area contributed by atoms with Crippen molar-refractivity contribution >= 4 is 29.1 Å². The van der Waals surface area contributed by atoms with Crippen LogP contribution in [0.5, 0.6) is 0 Å². The van der Waals surface area contributed by atoms with Crippen LogP contribution in [0, 0.1) is 5.82 Å². The summed E-state index contributed by atoms with van der Waals surface area (Å²) < 4.78 is 13.7. The van der Waals surface area contributed by atoms with E-state index >= 15 is 0 Å². The van der Waals surface area contributed by atoms with Gasteiger partial charge in [0.1, 0.15) is 12.4 Å². The lowest BCUT2D eigenvalue weighted by atomic mass is 10.1. The molecule has 2 heterocycles. The fourth-order valence-electron chi connectivity index (χ4n) is 3.08. The molecule has 0 aliphatic carbocycles. The topological polar surface area (TPSA) is 94.4 Å². The van der Waals surface area contributed by atoms with E-state index in [-0.39, 0.29) is 12.2 Å². The van der Waals surface area contributed by atoms with Crippen LogP contribution in [-0.4, -0.2) is 41.4 Å². The van der Waals surface area contributed by atoms with Gasteiger partial charge in [-0.05, 0) is 24.3 Å². The van der Waals surface area contributed by atoms with Gasteiger partial charge in [-0.2, -0.15) is 5.11 Å². The van der Waals surface area contributed by atoms with Gasteiger partial charge in [-0.3, -0.25) is 19.4 Å². The van der Waals surface area contributed by atoms with Gasteiger partial charge < -0.3 is 5.32 Å². The number of hydrogen-bond acceptors (Lipinski definition) is 6. The Bertz CT molecular complexity index is 949. The average molecular weight is 367 g/mol. The number of nitrogens with zero attached hydrogens (tertiary/aromatic N) is 4. The highest BCUT2D eigenvalue weighted by Gasteiger charge is 2.55. The van der Waals surface area contributed by atoms with Crippen molar-refractivity contribution < 1.29 is 18.8 Å². The molecule has 1 N–H and O–H groups in total. The number of benzene rings is 2. The molecule has 0 radical (unpaired) electrons. The smallest absolute Gasteiger partial charge is 0.263 e. The Morgan fingerprint density at radius 3 is 2.48 bits per heavy atom. The quantitative estimate of drug-likeness (QED) is 0.833. The van der Waals surface area contributed by atoms with Gasteiger partial charge in [0.15, 0.2) is 12.1 Å². The molecule has 1 fully saturated rings. The minimum atomic E-state index is -0.987. The predicted molar refractivity (Wildman–Crippen MR) is 93.1 cm³/mol. The monoisotopic (exact) mass is 367 g/mol. The van der Waals surface area contributed by atoms with Crippen molar-refractivity contribution in [3.8, 4) is 0 Å². The molecule has 4 rings (SSSR count). The van der Waals surface area contributed by atoms with Crippen LogP contribution in [0.3, 0.4) is 0 Å². The minimum Gasteiger partial charge on any atom is -0.322 e. The van der Waals surface area contributed by atoms with Gasteiger partial charge in [0.25, 0.3) is 11.8 Å². The molecule has 0 aromatic heterocycles. The first-order valence-corrected chi connectivity index (χ1v) is 8.21. The molecular formula is C18H14FN5O3. The highest BCUT2D eigenvalue weighted by molar-refractivity contribution is 6.25. The van der Waals surface area contributed by atoms with Crippen molar-refractivity contribution in [3.05, 3.63) is 60.4 Å². The van der Waals surface area contributed by atoms with Crippen LogP contribution in [-0.2, 0) is 14.4 Å². The van der Waals surface area contributed by atoms with Crippen LogP contribution in [0.1, 0.15) is 0 Å². The maximum Gasteiger partial charge on any atom is 0.263 e. The minimum absolute atomic E-state index is 0.0231. The van der Waals surface area contributed by atoms with E-state index in [1.54, 1.807) is 36.4 Å². The van der Waals surface area contributed by atoms with Crippen LogP contribution in [0.15, 0.2) is 64.9 Å². The average Bonchev–Trinajstić information content (AvgIpc) is 3.18. The van der Waals surface area contributed by atoms with E-state index in [0.717, 1.165) is 9.91 Å². The largest absolute Gasteiger partial charge is 0.322 e. The number of anilines is 2.